The van der Waals surface area contributed by atoms with Crippen LogP contribution in [-0.2, 0) is 5.41 Å². The Bertz CT molecular complexity index is 1650. The van der Waals surface area contributed by atoms with Gasteiger partial charge >= 0.3 is 0 Å². The van der Waals surface area contributed by atoms with E-state index in [-0.39, 0.29) is 11.0 Å². The lowest BCUT2D eigenvalue weighted by Gasteiger charge is -2.56. The van der Waals surface area contributed by atoms with Crippen LogP contribution in [0.25, 0.3) is 16.3 Å². The molecular formula is C45H61NSi. The first-order chi connectivity index (χ1) is 22.5. The van der Waals surface area contributed by atoms with Gasteiger partial charge in [-0.25, -0.2) is 0 Å². The second-order valence-corrected chi connectivity index (χ2v) is 21.9. The van der Waals surface area contributed by atoms with Crippen molar-refractivity contribution in [1.29, 1.82) is 0 Å². The average molecular weight is 644 g/mol. The van der Waals surface area contributed by atoms with Crippen molar-refractivity contribution in [1.82, 2.24) is 4.57 Å². The Kier molecular flexibility index (Phi) is 8.78. The van der Waals surface area contributed by atoms with Crippen LogP contribution >= 0.6 is 0 Å². The standard InChI is InChI=1S/C45H61NSi/c1-9-27-45(28-10-2)40-26-17-16-24-35(40)37-29-39-38(30-41(37)45)42(36-25-18-20-32-19-14-15-23-34(32)36)31(3)43(39)47(7,8)46(44(4,5)6)33-21-12-11-13-22-33/h14-20,23-26,29-31,33,38-39,42-43H,9-13,21-22,27-28H2,1-8H3. The second kappa shape index (κ2) is 12.5. The number of rotatable bonds is 8. The van der Waals surface area contributed by atoms with E-state index < -0.39 is 8.24 Å². The van der Waals surface area contributed by atoms with Crippen molar-refractivity contribution in [3.05, 3.63) is 101 Å². The van der Waals surface area contributed by atoms with Gasteiger partial charge in [0.2, 0.25) is 0 Å². The molecule has 3 aromatic carbocycles. The van der Waals surface area contributed by atoms with Gasteiger partial charge in [-0.3, -0.25) is 0 Å². The SMILES string of the molecule is CCCC1(CCC)C2=CC3C(C=C2c2ccccc21)C([Si](C)(C)N(C1CCCCC1)C(C)(C)C)C(C)C3c1cccc2ccccc12. The van der Waals surface area contributed by atoms with Gasteiger partial charge < -0.3 is 4.57 Å². The van der Waals surface area contributed by atoms with Gasteiger partial charge in [0.05, 0.1) is 0 Å². The van der Waals surface area contributed by atoms with E-state index >= 15 is 0 Å². The van der Waals surface area contributed by atoms with Crippen LogP contribution in [0.1, 0.15) is 122 Å². The predicted octanol–water partition coefficient (Wildman–Crippen LogP) is 12.7. The molecule has 4 aliphatic rings. The molecule has 3 aromatic rings. The Labute approximate surface area is 288 Å². The Morgan fingerprint density at radius 1 is 0.787 bits per heavy atom. The summed E-state index contributed by atoms with van der Waals surface area (Å²) in [5.41, 5.74) is 9.03. The predicted molar refractivity (Wildman–Crippen MR) is 207 cm³/mol. The minimum atomic E-state index is -1.98. The molecule has 0 spiro atoms. The fourth-order valence-electron chi connectivity index (χ4n) is 12.4. The topological polar surface area (TPSA) is 3.24 Å². The summed E-state index contributed by atoms with van der Waals surface area (Å²) >= 11 is 0. The van der Waals surface area contributed by atoms with Gasteiger partial charge in [0.15, 0.2) is 0 Å². The van der Waals surface area contributed by atoms with E-state index in [1.807, 2.05) is 0 Å². The zero-order valence-electron chi connectivity index (χ0n) is 30.8. The Morgan fingerprint density at radius 3 is 2.15 bits per heavy atom. The molecule has 5 atom stereocenters. The minimum Gasteiger partial charge on any atom is -0.316 e. The number of hydrogen-bond donors (Lipinski definition) is 0. The second-order valence-electron chi connectivity index (χ2n) is 17.4. The molecule has 2 heteroatoms. The third kappa shape index (κ3) is 5.27. The molecule has 2 saturated carbocycles. The number of benzene rings is 3. The van der Waals surface area contributed by atoms with Crippen LogP contribution in [0.5, 0.6) is 0 Å². The number of allylic oxidation sites excluding steroid dienone is 4. The maximum absolute atomic E-state index is 3.17. The van der Waals surface area contributed by atoms with Gasteiger partial charge in [-0.2, -0.15) is 0 Å². The van der Waals surface area contributed by atoms with E-state index in [9.17, 15) is 0 Å². The van der Waals surface area contributed by atoms with Crippen LogP contribution in [0, 0.1) is 17.8 Å². The van der Waals surface area contributed by atoms with E-state index in [2.05, 4.69) is 138 Å². The largest absolute Gasteiger partial charge is 0.316 e. The average Bonchev–Trinajstić information content (AvgIpc) is 3.48. The molecule has 0 saturated heterocycles. The van der Waals surface area contributed by atoms with Gasteiger partial charge in [0.1, 0.15) is 8.24 Å². The molecular weight excluding hydrogens is 583 g/mol. The van der Waals surface area contributed by atoms with Crippen molar-refractivity contribution < 1.29 is 0 Å². The minimum absolute atomic E-state index is 0.147. The summed E-state index contributed by atoms with van der Waals surface area (Å²) < 4.78 is 3.17. The Morgan fingerprint density at radius 2 is 1.45 bits per heavy atom. The smallest absolute Gasteiger partial charge is 0.127 e. The first-order valence-corrected chi connectivity index (χ1v) is 22.4. The van der Waals surface area contributed by atoms with E-state index in [0.29, 0.717) is 29.2 Å². The van der Waals surface area contributed by atoms with Crippen LogP contribution in [0.2, 0.25) is 18.6 Å². The molecule has 4 aliphatic carbocycles. The molecule has 0 aliphatic heterocycles. The highest BCUT2D eigenvalue weighted by Crippen LogP contribution is 2.66. The molecule has 0 amide bonds. The van der Waals surface area contributed by atoms with Crippen molar-refractivity contribution in [2.24, 2.45) is 17.8 Å². The van der Waals surface area contributed by atoms with Gasteiger partial charge in [-0.05, 0) is 114 Å². The van der Waals surface area contributed by atoms with Crippen molar-refractivity contribution in [3.8, 4) is 0 Å². The lowest BCUT2D eigenvalue weighted by molar-refractivity contribution is 0.138. The van der Waals surface area contributed by atoms with Crippen LogP contribution in [0.3, 0.4) is 0 Å². The van der Waals surface area contributed by atoms with Gasteiger partial charge in [-0.15, -0.1) is 0 Å². The highest BCUT2D eigenvalue weighted by Gasteiger charge is 2.60. The summed E-state index contributed by atoms with van der Waals surface area (Å²) in [4.78, 5) is 0. The van der Waals surface area contributed by atoms with Crippen molar-refractivity contribution in [3.63, 3.8) is 0 Å². The lowest BCUT2D eigenvalue weighted by Crippen LogP contribution is -2.65. The molecule has 0 aromatic heterocycles. The van der Waals surface area contributed by atoms with Crippen LogP contribution in [0.4, 0.5) is 0 Å². The first kappa shape index (κ1) is 33.1. The zero-order valence-corrected chi connectivity index (χ0v) is 31.8. The summed E-state index contributed by atoms with van der Waals surface area (Å²) in [6.07, 6.45) is 17.7. The summed E-state index contributed by atoms with van der Waals surface area (Å²) in [7, 11) is -1.98. The van der Waals surface area contributed by atoms with Crippen molar-refractivity contribution >= 4 is 24.6 Å². The molecule has 2 fully saturated rings. The molecule has 0 N–H and O–H groups in total. The number of hydrogen-bond acceptors (Lipinski definition) is 1. The normalized spacial score (nSPS) is 27.4. The lowest BCUT2D eigenvalue weighted by atomic mass is 9.67. The number of fused-ring (bicyclic) bond motifs is 5. The maximum Gasteiger partial charge on any atom is 0.127 e. The monoisotopic (exact) mass is 643 g/mol. The van der Waals surface area contributed by atoms with Crippen molar-refractivity contribution in [2.45, 2.75) is 141 Å². The van der Waals surface area contributed by atoms with E-state index in [1.54, 1.807) is 27.8 Å². The summed E-state index contributed by atoms with van der Waals surface area (Å²) in [6.45, 7) is 20.7. The molecule has 1 nitrogen and oxygen atoms in total. The highest BCUT2D eigenvalue weighted by molar-refractivity contribution is 6.76. The Hall–Kier alpha value is -2.42. The number of nitrogens with zero attached hydrogens (tertiary/aromatic N) is 1. The van der Waals surface area contributed by atoms with Crippen LogP contribution in [-0.4, -0.2) is 24.4 Å². The maximum atomic E-state index is 3.17. The van der Waals surface area contributed by atoms with Crippen molar-refractivity contribution in [2.75, 3.05) is 0 Å². The van der Waals surface area contributed by atoms with E-state index in [0.717, 1.165) is 6.04 Å². The molecule has 250 valence electrons. The summed E-state index contributed by atoms with van der Waals surface area (Å²) in [6, 6.07) is 26.7. The third-order valence-electron chi connectivity index (χ3n) is 13.3. The first-order valence-electron chi connectivity index (χ1n) is 19.4. The molecule has 7 rings (SSSR count). The quantitative estimate of drug-likeness (QED) is 0.221. The van der Waals surface area contributed by atoms with Crippen LogP contribution in [0.15, 0.2) is 84.5 Å². The fourth-order valence-corrected chi connectivity index (χ4v) is 18.4. The zero-order chi connectivity index (χ0) is 33.1. The molecule has 0 heterocycles. The van der Waals surface area contributed by atoms with E-state index in [4.69, 9.17) is 0 Å². The molecule has 47 heavy (non-hydrogen) atoms. The fraction of sp³-hybridized carbons (Fsp3) is 0.556. The Balaban J connectivity index is 1.45. The summed E-state index contributed by atoms with van der Waals surface area (Å²) in [5.74, 6) is 2.23. The summed E-state index contributed by atoms with van der Waals surface area (Å²) in [5, 5.41) is 2.87. The third-order valence-corrected chi connectivity index (χ3v) is 18.1. The van der Waals surface area contributed by atoms with E-state index in [1.165, 1.54) is 68.6 Å². The molecule has 5 unspecified atom stereocenters. The molecule has 0 radical (unpaired) electrons. The van der Waals surface area contributed by atoms with Gasteiger partial charge in [0, 0.05) is 17.0 Å². The molecule has 0 bridgehead atoms. The van der Waals surface area contributed by atoms with Gasteiger partial charge in [0.25, 0.3) is 0 Å². The van der Waals surface area contributed by atoms with Gasteiger partial charge in [-0.1, -0.05) is 145 Å². The highest BCUT2D eigenvalue weighted by atomic mass is 28.3. The van der Waals surface area contributed by atoms with Crippen LogP contribution < -0.4 is 0 Å².